The lowest BCUT2D eigenvalue weighted by atomic mass is 9.82. The second kappa shape index (κ2) is 9.38. The Morgan fingerprint density at radius 2 is 1.68 bits per heavy atom. The van der Waals surface area contributed by atoms with Crippen LogP contribution < -0.4 is 11.5 Å². The number of benzene rings is 1. The van der Waals surface area contributed by atoms with E-state index in [4.69, 9.17) is 21.1 Å². The summed E-state index contributed by atoms with van der Waals surface area (Å²) in [6.45, 7) is 2.47. The van der Waals surface area contributed by atoms with Crippen LogP contribution in [-0.4, -0.2) is 36.6 Å². The van der Waals surface area contributed by atoms with Gasteiger partial charge in [-0.25, -0.2) is 0 Å². The number of carbonyl (C=O) groups is 1. The molecule has 0 heterocycles. The summed E-state index contributed by atoms with van der Waals surface area (Å²) in [7, 11) is -4.02. The van der Waals surface area contributed by atoms with E-state index >= 15 is 0 Å². The summed E-state index contributed by atoms with van der Waals surface area (Å²) in [6.07, 6.45) is 3.32. The van der Waals surface area contributed by atoms with Gasteiger partial charge in [0, 0.05) is 6.54 Å². The van der Waals surface area contributed by atoms with E-state index in [0.29, 0.717) is 12.5 Å². The minimum atomic E-state index is -4.02. The normalized spacial score (nSPS) is 20.1. The number of aliphatic carboxylic acids is 1. The highest BCUT2D eigenvalue weighted by Gasteiger charge is 2.25. The third-order valence-corrected chi connectivity index (χ3v) is 4.91. The van der Waals surface area contributed by atoms with Crippen LogP contribution in [0.3, 0.4) is 0 Å². The molecule has 1 fully saturated rings. The van der Waals surface area contributed by atoms with Crippen molar-refractivity contribution in [1.82, 2.24) is 0 Å². The van der Waals surface area contributed by atoms with Gasteiger partial charge in [-0.1, -0.05) is 17.7 Å². The number of nitrogens with zero attached hydrogens (tertiary/aromatic N) is 1. The summed E-state index contributed by atoms with van der Waals surface area (Å²) < 4.78 is 29.6. The smallest absolute Gasteiger partial charge is 0.306 e. The van der Waals surface area contributed by atoms with Crippen LogP contribution in [-0.2, 0) is 14.9 Å². The maximum absolute atomic E-state index is 10.7. The largest absolute Gasteiger partial charge is 0.481 e. The van der Waals surface area contributed by atoms with Gasteiger partial charge in [0.15, 0.2) is 5.96 Å². The molecule has 0 spiro atoms. The van der Waals surface area contributed by atoms with Crippen LogP contribution in [0.15, 0.2) is 34.2 Å². The number of hydrogen-bond acceptors (Lipinski definition) is 4. The molecule has 0 aliphatic heterocycles. The van der Waals surface area contributed by atoms with Crippen molar-refractivity contribution in [1.29, 1.82) is 0 Å². The molecule has 0 aromatic heterocycles. The van der Waals surface area contributed by atoms with Crippen molar-refractivity contribution in [2.24, 2.45) is 28.3 Å². The van der Waals surface area contributed by atoms with E-state index < -0.39 is 16.1 Å². The number of aliphatic imine (C=N–C) groups is 1. The van der Waals surface area contributed by atoms with Gasteiger partial charge in [0.2, 0.25) is 0 Å². The van der Waals surface area contributed by atoms with Crippen LogP contribution in [0.25, 0.3) is 0 Å². The van der Waals surface area contributed by atoms with E-state index in [1.807, 2.05) is 6.92 Å². The lowest BCUT2D eigenvalue weighted by Gasteiger charge is -2.24. The van der Waals surface area contributed by atoms with Crippen LogP contribution in [0, 0.1) is 18.8 Å². The van der Waals surface area contributed by atoms with Gasteiger partial charge in [-0.3, -0.25) is 14.3 Å². The molecule has 1 aliphatic rings. The average Bonchev–Trinajstić information content (AvgIpc) is 2.53. The second-order valence-electron chi connectivity index (χ2n) is 6.11. The fourth-order valence-electron chi connectivity index (χ4n) is 2.54. The Hall–Kier alpha value is -2.13. The summed E-state index contributed by atoms with van der Waals surface area (Å²) in [4.78, 5) is 14.5. The van der Waals surface area contributed by atoms with Gasteiger partial charge in [0.05, 0.1) is 10.8 Å². The Bertz CT molecular complexity index is 689. The highest BCUT2D eigenvalue weighted by atomic mass is 32.2. The third-order valence-electron chi connectivity index (χ3n) is 4.05. The molecule has 0 atom stereocenters. The number of carboxylic acids is 1. The van der Waals surface area contributed by atoms with Crippen LogP contribution in [0.5, 0.6) is 0 Å². The topological polar surface area (TPSA) is 156 Å². The van der Waals surface area contributed by atoms with E-state index in [1.54, 1.807) is 12.1 Å². The van der Waals surface area contributed by atoms with Crippen molar-refractivity contribution in [3.63, 3.8) is 0 Å². The van der Waals surface area contributed by atoms with Gasteiger partial charge in [-0.05, 0) is 50.7 Å². The van der Waals surface area contributed by atoms with Gasteiger partial charge in [-0.2, -0.15) is 8.42 Å². The molecule has 0 saturated heterocycles. The number of aryl methyl sites for hydroxylation is 1. The molecule has 0 bridgehead atoms. The van der Waals surface area contributed by atoms with E-state index in [-0.39, 0.29) is 16.8 Å². The highest BCUT2D eigenvalue weighted by molar-refractivity contribution is 7.85. The van der Waals surface area contributed by atoms with Gasteiger partial charge in [0.1, 0.15) is 0 Å². The van der Waals surface area contributed by atoms with E-state index in [2.05, 4.69) is 4.99 Å². The maximum Gasteiger partial charge on any atom is 0.306 e. The first-order valence-corrected chi connectivity index (χ1v) is 9.36. The minimum Gasteiger partial charge on any atom is -0.481 e. The lowest BCUT2D eigenvalue weighted by molar-refractivity contribution is -0.143. The summed E-state index contributed by atoms with van der Waals surface area (Å²) in [5.41, 5.74) is 11.4. The van der Waals surface area contributed by atoms with Crippen LogP contribution in [0.1, 0.15) is 31.2 Å². The van der Waals surface area contributed by atoms with Crippen molar-refractivity contribution in [2.45, 2.75) is 37.5 Å². The molecule has 0 radical (unpaired) electrons. The number of hydrogen-bond donors (Lipinski definition) is 4. The zero-order chi connectivity index (χ0) is 19.0. The summed E-state index contributed by atoms with van der Waals surface area (Å²) >= 11 is 0. The zero-order valence-corrected chi connectivity index (χ0v) is 14.9. The Morgan fingerprint density at radius 1 is 1.16 bits per heavy atom. The van der Waals surface area contributed by atoms with E-state index in [9.17, 15) is 13.2 Å². The molecule has 9 heteroatoms. The fraction of sp³-hybridized carbons (Fsp3) is 0.500. The van der Waals surface area contributed by atoms with Crippen molar-refractivity contribution >= 4 is 22.0 Å². The number of guanidine groups is 1. The highest BCUT2D eigenvalue weighted by Crippen LogP contribution is 2.28. The molecular weight excluding hydrogens is 346 g/mol. The van der Waals surface area contributed by atoms with Crippen LogP contribution in [0.2, 0.25) is 0 Å². The quantitative estimate of drug-likeness (QED) is 0.354. The van der Waals surface area contributed by atoms with Crippen molar-refractivity contribution in [3.05, 3.63) is 29.8 Å². The first kappa shape index (κ1) is 20.9. The van der Waals surface area contributed by atoms with Crippen LogP contribution >= 0.6 is 0 Å². The molecule has 140 valence electrons. The molecule has 0 unspecified atom stereocenters. The molecule has 1 aromatic rings. The standard InChI is InChI=1S/C9H17N3O2.C7H8O3S/c10-9(11)12-5-6-1-3-7(4-2-6)8(13)14;1-6-2-4-7(5-3-6)11(8,9)10/h6-7H,1-5H2,(H,13,14)(H4,10,11,12);2-5H,1H3,(H,8,9,10). The predicted octanol–water partition coefficient (Wildman–Crippen LogP) is 1.39. The first-order valence-electron chi connectivity index (χ1n) is 7.92. The molecule has 0 amide bonds. The Labute approximate surface area is 147 Å². The lowest BCUT2D eigenvalue weighted by Crippen LogP contribution is -2.26. The zero-order valence-electron chi connectivity index (χ0n) is 14.1. The molecule has 1 aliphatic carbocycles. The summed E-state index contributed by atoms with van der Waals surface area (Å²) in [6, 6.07) is 5.99. The van der Waals surface area contributed by atoms with E-state index in [1.165, 1.54) is 12.1 Å². The van der Waals surface area contributed by atoms with Crippen molar-refractivity contribution < 1.29 is 22.9 Å². The molecule has 6 N–H and O–H groups in total. The van der Waals surface area contributed by atoms with E-state index in [0.717, 1.165) is 31.2 Å². The molecule has 2 rings (SSSR count). The fourth-order valence-corrected chi connectivity index (χ4v) is 3.02. The molecular formula is C16H25N3O5S. The summed E-state index contributed by atoms with van der Waals surface area (Å²) in [5, 5.41) is 8.78. The van der Waals surface area contributed by atoms with Crippen molar-refractivity contribution in [3.8, 4) is 0 Å². The van der Waals surface area contributed by atoms with Gasteiger partial charge in [0.25, 0.3) is 10.1 Å². The molecule has 25 heavy (non-hydrogen) atoms. The number of rotatable bonds is 4. The first-order chi connectivity index (χ1) is 11.6. The average molecular weight is 371 g/mol. The molecule has 8 nitrogen and oxygen atoms in total. The van der Waals surface area contributed by atoms with Gasteiger partial charge >= 0.3 is 5.97 Å². The Kier molecular flexibility index (Phi) is 7.85. The third kappa shape index (κ3) is 7.99. The monoisotopic (exact) mass is 371 g/mol. The summed E-state index contributed by atoms with van der Waals surface area (Å²) in [5.74, 6) is -0.270. The van der Waals surface area contributed by atoms with Gasteiger partial charge in [-0.15, -0.1) is 0 Å². The van der Waals surface area contributed by atoms with Crippen molar-refractivity contribution in [2.75, 3.05) is 6.54 Å². The molecule has 1 aromatic carbocycles. The number of carboxylic acid groups (broad SMARTS) is 1. The number of nitrogens with two attached hydrogens (primary N) is 2. The second-order valence-corrected chi connectivity index (χ2v) is 7.53. The Morgan fingerprint density at radius 3 is 2.08 bits per heavy atom. The van der Waals surface area contributed by atoms with Gasteiger partial charge < -0.3 is 16.6 Å². The SMILES string of the molecule is Cc1ccc(S(=O)(=O)O)cc1.NC(N)=NCC1CCC(C(=O)O)CC1. The van der Waals surface area contributed by atoms with Crippen LogP contribution in [0.4, 0.5) is 0 Å². The minimum absolute atomic E-state index is 0.0666. The predicted molar refractivity (Wildman–Crippen MR) is 94.8 cm³/mol. The maximum atomic E-state index is 10.7. The molecule has 1 saturated carbocycles. The Balaban J connectivity index is 0.000000257.